The van der Waals surface area contributed by atoms with Gasteiger partial charge in [0, 0.05) is 6.54 Å². The van der Waals surface area contributed by atoms with Gasteiger partial charge in [-0.1, -0.05) is 13.0 Å². The molecular weight excluding hydrogens is 260 g/mol. The molecule has 4 nitrogen and oxygen atoms in total. The van der Waals surface area contributed by atoms with Crippen LogP contribution in [0.2, 0.25) is 0 Å². The van der Waals surface area contributed by atoms with Crippen molar-refractivity contribution in [3.63, 3.8) is 0 Å². The summed E-state index contributed by atoms with van der Waals surface area (Å²) in [7, 11) is 0. The predicted octanol–water partition coefficient (Wildman–Crippen LogP) is 3.10. The fraction of sp³-hybridized carbons (Fsp3) is 0.529. The third-order valence-electron chi connectivity index (χ3n) is 4.32. The first-order valence-electron chi connectivity index (χ1n) is 7.72. The van der Waals surface area contributed by atoms with Crippen LogP contribution in [0.1, 0.15) is 31.2 Å². The van der Waals surface area contributed by atoms with Gasteiger partial charge in [-0.25, -0.2) is 4.98 Å². The Kier molecular flexibility index (Phi) is 3.94. The van der Waals surface area contributed by atoms with Crippen LogP contribution in [0.5, 0.6) is 0 Å². The zero-order valence-electron chi connectivity index (χ0n) is 12.8. The Morgan fingerprint density at radius 2 is 2.29 bits per heavy atom. The summed E-state index contributed by atoms with van der Waals surface area (Å²) in [6.45, 7) is 7.88. The van der Waals surface area contributed by atoms with Crippen molar-refractivity contribution < 1.29 is 0 Å². The van der Waals surface area contributed by atoms with E-state index in [0.29, 0.717) is 6.54 Å². The largest absolute Gasteiger partial charge is 0.313 e. The first kappa shape index (κ1) is 14.1. The van der Waals surface area contributed by atoms with E-state index in [9.17, 15) is 0 Å². The highest BCUT2D eigenvalue weighted by molar-refractivity contribution is 5.77. The van der Waals surface area contributed by atoms with Crippen molar-refractivity contribution in [1.82, 2.24) is 14.5 Å². The van der Waals surface area contributed by atoms with Gasteiger partial charge in [0.25, 0.3) is 0 Å². The average molecular weight is 282 g/mol. The van der Waals surface area contributed by atoms with Gasteiger partial charge in [-0.3, -0.25) is 4.90 Å². The molecular formula is C17H22N4. The van der Waals surface area contributed by atoms with Crippen molar-refractivity contribution in [2.24, 2.45) is 5.92 Å². The first-order chi connectivity index (χ1) is 10.2. The molecule has 4 heteroatoms. The maximum atomic E-state index is 9.11. The van der Waals surface area contributed by atoms with Crippen molar-refractivity contribution >= 4 is 11.0 Å². The number of benzene rings is 1. The number of aryl methyl sites for hydroxylation is 1. The number of hydrogen-bond donors (Lipinski definition) is 0. The normalized spacial score (nSPS) is 19.8. The van der Waals surface area contributed by atoms with E-state index in [4.69, 9.17) is 10.2 Å². The number of nitriles is 1. The number of rotatable bonds is 3. The van der Waals surface area contributed by atoms with E-state index in [0.717, 1.165) is 42.4 Å². The van der Waals surface area contributed by atoms with E-state index in [1.54, 1.807) is 0 Å². The van der Waals surface area contributed by atoms with E-state index in [1.807, 2.05) is 0 Å². The summed E-state index contributed by atoms with van der Waals surface area (Å²) in [6.07, 6.45) is 2.59. The van der Waals surface area contributed by atoms with Crippen LogP contribution in [0.15, 0.2) is 18.2 Å². The fourth-order valence-electron chi connectivity index (χ4n) is 3.29. The van der Waals surface area contributed by atoms with E-state index >= 15 is 0 Å². The van der Waals surface area contributed by atoms with Gasteiger partial charge in [0.1, 0.15) is 12.4 Å². The molecule has 1 saturated heterocycles. The Morgan fingerprint density at radius 1 is 1.43 bits per heavy atom. The number of fused-ring (bicyclic) bond motifs is 1. The van der Waals surface area contributed by atoms with Crippen LogP contribution in [-0.2, 0) is 13.1 Å². The molecule has 1 atom stereocenters. The maximum Gasteiger partial charge on any atom is 0.125 e. The first-order valence-corrected chi connectivity index (χ1v) is 7.72. The number of nitrogens with zero attached hydrogens (tertiary/aromatic N) is 4. The van der Waals surface area contributed by atoms with Crippen LogP contribution < -0.4 is 0 Å². The van der Waals surface area contributed by atoms with E-state index < -0.39 is 0 Å². The molecule has 3 rings (SSSR count). The Morgan fingerprint density at radius 3 is 3.05 bits per heavy atom. The molecule has 1 aromatic carbocycles. The summed E-state index contributed by atoms with van der Waals surface area (Å²) in [5, 5.41) is 9.11. The predicted molar refractivity (Wildman–Crippen MR) is 83.8 cm³/mol. The molecule has 0 spiro atoms. The molecule has 1 unspecified atom stereocenters. The van der Waals surface area contributed by atoms with Crippen molar-refractivity contribution in [2.45, 2.75) is 39.8 Å². The standard InChI is InChI=1S/C17H22N4/c1-13-5-6-16-15(10-13)19-17(21(16)9-7-18)12-20-8-3-4-14(2)11-20/h5-6,10,14H,3-4,8-9,11-12H2,1-2H3. The van der Waals surface area contributed by atoms with Crippen LogP contribution in [0.3, 0.4) is 0 Å². The zero-order valence-corrected chi connectivity index (χ0v) is 12.8. The minimum atomic E-state index is 0.373. The highest BCUT2D eigenvalue weighted by Gasteiger charge is 2.19. The van der Waals surface area contributed by atoms with Crippen LogP contribution in [-0.4, -0.2) is 27.5 Å². The fourth-order valence-corrected chi connectivity index (χ4v) is 3.29. The number of imidazole rings is 1. The summed E-state index contributed by atoms with van der Waals surface area (Å²) in [5.41, 5.74) is 3.29. The summed E-state index contributed by atoms with van der Waals surface area (Å²) in [6, 6.07) is 8.54. The number of aromatic nitrogens is 2. The molecule has 110 valence electrons. The topological polar surface area (TPSA) is 44.9 Å². The van der Waals surface area contributed by atoms with Gasteiger partial charge < -0.3 is 4.57 Å². The van der Waals surface area contributed by atoms with Gasteiger partial charge in [-0.2, -0.15) is 5.26 Å². The molecule has 0 saturated carbocycles. The van der Waals surface area contributed by atoms with Crippen LogP contribution in [0.4, 0.5) is 0 Å². The highest BCUT2D eigenvalue weighted by Crippen LogP contribution is 2.21. The van der Waals surface area contributed by atoms with Gasteiger partial charge in [0.2, 0.25) is 0 Å². The Labute approximate surface area is 126 Å². The summed E-state index contributed by atoms with van der Waals surface area (Å²) in [4.78, 5) is 7.25. The minimum absolute atomic E-state index is 0.373. The molecule has 0 radical (unpaired) electrons. The second-order valence-corrected chi connectivity index (χ2v) is 6.25. The molecule has 2 aromatic rings. The van der Waals surface area contributed by atoms with E-state index in [-0.39, 0.29) is 0 Å². The number of likely N-dealkylation sites (tertiary alicyclic amines) is 1. The van der Waals surface area contributed by atoms with Crippen LogP contribution in [0.25, 0.3) is 11.0 Å². The lowest BCUT2D eigenvalue weighted by atomic mass is 10.0. The third-order valence-corrected chi connectivity index (χ3v) is 4.32. The van der Waals surface area contributed by atoms with Crippen molar-refractivity contribution in [1.29, 1.82) is 5.26 Å². The second-order valence-electron chi connectivity index (χ2n) is 6.25. The lowest BCUT2D eigenvalue weighted by molar-refractivity contribution is 0.171. The quantitative estimate of drug-likeness (QED) is 0.869. The van der Waals surface area contributed by atoms with Crippen LogP contribution in [0, 0.1) is 24.2 Å². The monoisotopic (exact) mass is 282 g/mol. The average Bonchev–Trinajstić information content (AvgIpc) is 2.76. The molecule has 21 heavy (non-hydrogen) atoms. The van der Waals surface area contributed by atoms with Crippen molar-refractivity contribution in [2.75, 3.05) is 13.1 Å². The summed E-state index contributed by atoms with van der Waals surface area (Å²) >= 11 is 0. The second kappa shape index (κ2) is 5.87. The minimum Gasteiger partial charge on any atom is -0.313 e. The van der Waals surface area contributed by atoms with Gasteiger partial charge in [-0.05, 0) is 49.9 Å². The Bertz CT molecular complexity index is 680. The maximum absolute atomic E-state index is 9.11. The summed E-state index contributed by atoms with van der Waals surface area (Å²) < 4.78 is 2.06. The molecule has 0 N–H and O–H groups in total. The molecule has 1 aliphatic rings. The smallest absolute Gasteiger partial charge is 0.125 e. The molecule has 1 aromatic heterocycles. The molecule has 0 aliphatic carbocycles. The van der Waals surface area contributed by atoms with Crippen molar-refractivity contribution in [3.05, 3.63) is 29.6 Å². The van der Waals surface area contributed by atoms with Gasteiger partial charge in [-0.15, -0.1) is 0 Å². The molecule has 1 fully saturated rings. The van der Waals surface area contributed by atoms with Gasteiger partial charge >= 0.3 is 0 Å². The van der Waals surface area contributed by atoms with Gasteiger partial charge in [0.15, 0.2) is 0 Å². The highest BCUT2D eigenvalue weighted by atomic mass is 15.2. The van der Waals surface area contributed by atoms with Gasteiger partial charge in [0.05, 0.1) is 23.6 Å². The lowest BCUT2D eigenvalue weighted by Crippen LogP contribution is -2.34. The molecule has 0 bridgehead atoms. The molecule has 1 aliphatic heterocycles. The lowest BCUT2D eigenvalue weighted by Gasteiger charge is -2.30. The SMILES string of the molecule is Cc1ccc2c(c1)nc(CN1CCCC(C)C1)n2CC#N. The number of piperidine rings is 1. The van der Waals surface area contributed by atoms with Crippen molar-refractivity contribution in [3.8, 4) is 6.07 Å². The molecule has 2 heterocycles. The third kappa shape index (κ3) is 2.93. The Hall–Kier alpha value is -1.86. The zero-order chi connectivity index (χ0) is 14.8. The summed E-state index contributed by atoms with van der Waals surface area (Å²) in [5.74, 6) is 1.78. The van der Waals surface area contributed by atoms with E-state index in [1.165, 1.54) is 18.4 Å². The number of hydrogen-bond acceptors (Lipinski definition) is 3. The van der Waals surface area contributed by atoms with E-state index in [2.05, 4.69) is 47.6 Å². The Balaban J connectivity index is 1.93. The molecule has 0 amide bonds. The van der Waals surface area contributed by atoms with Crippen LogP contribution >= 0.6 is 0 Å².